The molecule has 0 aliphatic carbocycles. The molecule has 22 heavy (non-hydrogen) atoms. The smallest absolute Gasteiger partial charge is 0.274 e. The monoisotopic (exact) mass is 322 g/mol. The number of hydrogen-bond acceptors (Lipinski definition) is 4. The van der Waals surface area contributed by atoms with Gasteiger partial charge in [-0.15, -0.1) is 0 Å². The molecule has 120 valence electrons. The van der Waals surface area contributed by atoms with E-state index in [0.29, 0.717) is 22.6 Å². The Bertz CT molecular complexity index is 563. The van der Waals surface area contributed by atoms with Gasteiger partial charge < -0.3 is 4.90 Å². The summed E-state index contributed by atoms with van der Waals surface area (Å²) in [6.45, 7) is 7.85. The van der Waals surface area contributed by atoms with E-state index in [2.05, 4.69) is 14.9 Å². The van der Waals surface area contributed by atoms with Crippen LogP contribution in [0.3, 0.4) is 0 Å². The second-order valence-corrected chi connectivity index (χ2v) is 6.92. The molecule has 6 heteroatoms. The van der Waals surface area contributed by atoms with Crippen LogP contribution in [0.15, 0.2) is 6.20 Å². The van der Waals surface area contributed by atoms with Crippen molar-refractivity contribution in [1.82, 2.24) is 19.8 Å². The van der Waals surface area contributed by atoms with E-state index in [1.165, 1.54) is 19.4 Å². The van der Waals surface area contributed by atoms with Crippen LogP contribution in [-0.4, -0.2) is 57.9 Å². The summed E-state index contributed by atoms with van der Waals surface area (Å²) in [4.78, 5) is 25.9. The van der Waals surface area contributed by atoms with E-state index in [-0.39, 0.29) is 11.8 Å². The second kappa shape index (κ2) is 6.50. The summed E-state index contributed by atoms with van der Waals surface area (Å²) in [6, 6.07) is 0.497. The summed E-state index contributed by atoms with van der Waals surface area (Å²) in [6.07, 6.45) is 4.98. The number of amides is 1. The van der Waals surface area contributed by atoms with Crippen LogP contribution in [-0.2, 0) is 0 Å². The third-order valence-corrected chi connectivity index (χ3v) is 4.85. The molecular formula is C16H23ClN4O. The van der Waals surface area contributed by atoms with Crippen molar-refractivity contribution in [1.29, 1.82) is 0 Å². The number of fused-ring (bicyclic) bond motifs is 1. The van der Waals surface area contributed by atoms with Crippen molar-refractivity contribution < 1.29 is 4.79 Å². The molecule has 0 saturated carbocycles. The topological polar surface area (TPSA) is 49.3 Å². The molecule has 5 nitrogen and oxygen atoms in total. The summed E-state index contributed by atoms with van der Waals surface area (Å²) in [5.41, 5.74) is 0.354. The van der Waals surface area contributed by atoms with Crippen molar-refractivity contribution in [2.45, 2.75) is 45.1 Å². The lowest BCUT2D eigenvalue weighted by Crippen LogP contribution is -2.40. The van der Waals surface area contributed by atoms with E-state index >= 15 is 0 Å². The van der Waals surface area contributed by atoms with Crippen molar-refractivity contribution in [2.24, 2.45) is 0 Å². The summed E-state index contributed by atoms with van der Waals surface area (Å²) in [5.74, 6) is 0.798. The minimum absolute atomic E-state index is 0.0527. The lowest BCUT2D eigenvalue weighted by Gasteiger charge is -2.25. The van der Waals surface area contributed by atoms with Crippen molar-refractivity contribution >= 4 is 17.5 Å². The van der Waals surface area contributed by atoms with Gasteiger partial charge in [-0.3, -0.25) is 9.69 Å². The molecule has 0 bridgehead atoms. The normalized spacial score (nSPS) is 22.7. The van der Waals surface area contributed by atoms with Gasteiger partial charge in [0.1, 0.15) is 5.82 Å². The Morgan fingerprint density at radius 2 is 2.09 bits per heavy atom. The predicted molar refractivity (Wildman–Crippen MR) is 86.2 cm³/mol. The summed E-state index contributed by atoms with van der Waals surface area (Å²) >= 11 is 6.18. The van der Waals surface area contributed by atoms with Crippen LogP contribution in [0.25, 0.3) is 0 Å². The van der Waals surface area contributed by atoms with Crippen LogP contribution >= 0.6 is 11.6 Å². The highest BCUT2D eigenvalue weighted by molar-refractivity contribution is 6.33. The summed E-state index contributed by atoms with van der Waals surface area (Å²) < 4.78 is 0. The predicted octanol–water partition coefficient (Wildman–Crippen LogP) is 2.56. The highest BCUT2D eigenvalue weighted by atomic mass is 35.5. The Morgan fingerprint density at radius 3 is 2.86 bits per heavy atom. The van der Waals surface area contributed by atoms with E-state index in [9.17, 15) is 4.79 Å². The molecule has 1 unspecified atom stereocenters. The van der Waals surface area contributed by atoms with Gasteiger partial charge in [0.05, 0.1) is 11.2 Å². The lowest BCUT2D eigenvalue weighted by molar-refractivity contribution is 0.0737. The van der Waals surface area contributed by atoms with Crippen molar-refractivity contribution in [3.63, 3.8) is 0 Å². The van der Waals surface area contributed by atoms with Crippen LogP contribution in [0, 0.1) is 0 Å². The van der Waals surface area contributed by atoms with Gasteiger partial charge in [0.2, 0.25) is 0 Å². The van der Waals surface area contributed by atoms with Crippen molar-refractivity contribution in [2.75, 3.05) is 26.2 Å². The first-order chi connectivity index (χ1) is 10.6. The molecule has 0 radical (unpaired) electrons. The Morgan fingerprint density at radius 1 is 1.32 bits per heavy atom. The van der Waals surface area contributed by atoms with E-state index in [0.717, 1.165) is 26.1 Å². The molecule has 1 aromatic rings. The van der Waals surface area contributed by atoms with Crippen LogP contribution < -0.4 is 0 Å². The zero-order valence-electron chi connectivity index (χ0n) is 13.3. The maximum Gasteiger partial charge on any atom is 0.274 e. The van der Waals surface area contributed by atoms with Gasteiger partial charge in [0.25, 0.3) is 5.91 Å². The summed E-state index contributed by atoms with van der Waals surface area (Å²) in [7, 11) is 0. The van der Waals surface area contributed by atoms with E-state index in [1.807, 2.05) is 18.7 Å². The molecule has 3 rings (SSSR count). The number of hydrogen-bond donors (Lipinski definition) is 0. The lowest BCUT2D eigenvalue weighted by atomic mass is 10.2. The Balaban J connectivity index is 1.82. The van der Waals surface area contributed by atoms with E-state index in [1.54, 1.807) is 6.20 Å². The van der Waals surface area contributed by atoms with Crippen LogP contribution in [0.2, 0.25) is 5.02 Å². The van der Waals surface area contributed by atoms with Gasteiger partial charge in [0.15, 0.2) is 5.69 Å². The fourth-order valence-electron chi connectivity index (χ4n) is 3.35. The van der Waals surface area contributed by atoms with Crippen molar-refractivity contribution in [3.05, 3.63) is 22.7 Å². The standard InChI is InChI=1S/C16H23ClN4O/c1-11(2)15-18-9-13(17)14(19-15)16(22)21-8-4-7-20-6-3-5-12(20)10-21/h9,11-12H,3-8,10H2,1-2H3. The van der Waals surface area contributed by atoms with Crippen LogP contribution in [0.1, 0.15) is 55.3 Å². The number of carbonyl (C=O) groups is 1. The first-order valence-electron chi connectivity index (χ1n) is 8.12. The summed E-state index contributed by atoms with van der Waals surface area (Å²) in [5, 5.41) is 0.349. The van der Waals surface area contributed by atoms with Gasteiger partial charge in [-0.25, -0.2) is 9.97 Å². The van der Waals surface area contributed by atoms with Gasteiger partial charge in [-0.05, 0) is 25.8 Å². The fraction of sp³-hybridized carbons (Fsp3) is 0.688. The Labute approximate surface area is 136 Å². The van der Waals surface area contributed by atoms with Crippen molar-refractivity contribution in [3.8, 4) is 0 Å². The molecule has 2 aliphatic heterocycles. The molecule has 0 N–H and O–H groups in total. The second-order valence-electron chi connectivity index (χ2n) is 6.52. The van der Waals surface area contributed by atoms with Crippen LogP contribution in [0.4, 0.5) is 0 Å². The minimum atomic E-state index is -0.0527. The van der Waals surface area contributed by atoms with Gasteiger partial charge in [-0.1, -0.05) is 25.4 Å². The zero-order valence-corrected chi connectivity index (χ0v) is 14.0. The number of nitrogens with zero attached hydrogens (tertiary/aromatic N) is 4. The molecular weight excluding hydrogens is 300 g/mol. The average molecular weight is 323 g/mol. The molecule has 1 atom stereocenters. The van der Waals surface area contributed by atoms with E-state index in [4.69, 9.17) is 11.6 Å². The third-order valence-electron chi connectivity index (χ3n) is 4.57. The molecule has 2 aliphatic rings. The molecule has 1 amide bonds. The van der Waals surface area contributed by atoms with Gasteiger partial charge >= 0.3 is 0 Å². The van der Waals surface area contributed by atoms with Crippen LogP contribution in [0.5, 0.6) is 0 Å². The average Bonchev–Trinajstić information content (AvgIpc) is 2.84. The van der Waals surface area contributed by atoms with E-state index < -0.39 is 0 Å². The molecule has 1 aromatic heterocycles. The number of aromatic nitrogens is 2. The fourth-order valence-corrected chi connectivity index (χ4v) is 3.52. The minimum Gasteiger partial charge on any atom is -0.336 e. The third kappa shape index (κ3) is 3.10. The Hall–Kier alpha value is -1.20. The number of carbonyl (C=O) groups excluding carboxylic acids is 1. The van der Waals surface area contributed by atoms with Gasteiger partial charge in [-0.2, -0.15) is 0 Å². The SMILES string of the molecule is CC(C)c1ncc(Cl)c(C(=O)N2CCCN3CCCC3C2)n1. The maximum atomic E-state index is 12.9. The molecule has 0 aromatic carbocycles. The molecule has 0 spiro atoms. The largest absolute Gasteiger partial charge is 0.336 e. The quantitative estimate of drug-likeness (QED) is 0.839. The number of halogens is 1. The van der Waals surface area contributed by atoms with Gasteiger partial charge in [0, 0.05) is 31.6 Å². The molecule has 2 fully saturated rings. The zero-order chi connectivity index (χ0) is 15.7. The number of rotatable bonds is 2. The highest BCUT2D eigenvalue weighted by Gasteiger charge is 2.32. The highest BCUT2D eigenvalue weighted by Crippen LogP contribution is 2.24. The molecule has 3 heterocycles. The Kier molecular flexibility index (Phi) is 4.64. The first kappa shape index (κ1) is 15.7. The maximum absolute atomic E-state index is 12.9. The first-order valence-corrected chi connectivity index (χ1v) is 8.50. The molecule has 2 saturated heterocycles.